The number of imidazole rings is 1. The largest absolute Gasteiger partial charge is 0.330 e. The van der Waals surface area contributed by atoms with Crippen molar-refractivity contribution >= 4 is 0 Å². The Bertz CT molecular complexity index is 429. The van der Waals surface area contributed by atoms with Gasteiger partial charge in [-0.15, -0.1) is 0 Å². The first-order chi connectivity index (χ1) is 9.70. The van der Waals surface area contributed by atoms with E-state index < -0.39 is 0 Å². The van der Waals surface area contributed by atoms with E-state index in [1.54, 1.807) is 0 Å². The van der Waals surface area contributed by atoms with E-state index in [1.165, 1.54) is 37.8 Å². The summed E-state index contributed by atoms with van der Waals surface area (Å²) in [6.45, 7) is 5.21. The predicted octanol–water partition coefficient (Wildman–Crippen LogP) is 1.99. The molecule has 0 spiro atoms. The van der Waals surface area contributed by atoms with Gasteiger partial charge in [0, 0.05) is 30.9 Å². The second-order valence-corrected chi connectivity index (χ2v) is 6.41. The third-order valence-corrected chi connectivity index (χ3v) is 4.73. The molecule has 1 saturated carbocycles. The van der Waals surface area contributed by atoms with Gasteiger partial charge in [-0.1, -0.05) is 6.42 Å². The Morgan fingerprint density at radius 2 is 2.00 bits per heavy atom. The number of nitrogens with two attached hydrogens (primary N) is 1. The van der Waals surface area contributed by atoms with E-state index >= 15 is 0 Å². The lowest BCUT2D eigenvalue weighted by atomic mass is 9.99. The molecule has 20 heavy (non-hydrogen) atoms. The van der Waals surface area contributed by atoms with Crippen LogP contribution in [0.3, 0.4) is 0 Å². The molecule has 3 unspecified atom stereocenters. The van der Waals surface area contributed by atoms with Gasteiger partial charge in [0.1, 0.15) is 0 Å². The Hall–Kier alpha value is -0.910. The van der Waals surface area contributed by atoms with Gasteiger partial charge in [-0.3, -0.25) is 0 Å². The Balaban J connectivity index is 1.74. The number of aromatic nitrogens is 2. The van der Waals surface area contributed by atoms with Gasteiger partial charge < -0.3 is 10.3 Å². The zero-order valence-corrected chi connectivity index (χ0v) is 12.6. The standard InChI is InChI=1S/C15H27N5/c1-11-4-3-5-12(2)20(11)18-14(8-16)15-9-17-10-19(15)13-6-7-13/h9-14,18H,3-8,16H2,1-2H3. The van der Waals surface area contributed by atoms with Crippen LogP contribution in [0.4, 0.5) is 0 Å². The highest BCUT2D eigenvalue weighted by molar-refractivity contribution is 5.09. The summed E-state index contributed by atoms with van der Waals surface area (Å²) in [5, 5.41) is 2.41. The topological polar surface area (TPSA) is 59.1 Å². The highest BCUT2D eigenvalue weighted by Crippen LogP contribution is 2.37. The van der Waals surface area contributed by atoms with Crippen LogP contribution < -0.4 is 11.2 Å². The molecule has 1 aliphatic carbocycles. The Morgan fingerprint density at radius 3 is 2.60 bits per heavy atom. The lowest BCUT2D eigenvalue weighted by Gasteiger charge is -2.41. The summed E-state index contributed by atoms with van der Waals surface area (Å²) in [6.07, 6.45) is 10.3. The van der Waals surface area contributed by atoms with Gasteiger partial charge in [0.25, 0.3) is 0 Å². The molecule has 112 valence electrons. The summed E-state index contributed by atoms with van der Waals surface area (Å²) in [5.41, 5.74) is 10.9. The smallest absolute Gasteiger partial charge is 0.0951 e. The van der Waals surface area contributed by atoms with Gasteiger partial charge in [-0.05, 0) is 39.5 Å². The molecule has 5 heteroatoms. The molecule has 2 fully saturated rings. The van der Waals surface area contributed by atoms with Crippen molar-refractivity contribution in [3.05, 3.63) is 18.2 Å². The lowest BCUT2D eigenvalue weighted by molar-refractivity contribution is 0.0292. The number of hydrazine groups is 1. The first-order valence-electron chi connectivity index (χ1n) is 7.97. The summed E-state index contributed by atoms with van der Waals surface area (Å²) in [4.78, 5) is 4.33. The average Bonchev–Trinajstić information content (AvgIpc) is 3.17. The second-order valence-electron chi connectivity index (χ2n) is 6.41. The van der Waals surface area contributed by atoms with Gasteiger partial charge >= 0.3 is 0 Å². The van der Waals surface area contributed by atoms with E-state index in [4.69, 9.17) is 5.73 Å². The fourth-order valence-corrected chi connectivity index (χ4v) is 3.34. The van der Waals surface area contributed by atoms with Crippen molar-refractivity contribution < 1.29 is 0 Å². The van der Waals surface area contributed by atoms with Crippen molar-refractivity contribution in [2.75, 3.05) is 6.54 Å². The SMILES string of the molecule is CC1CCCC(C)N1NC(CN)c1cncn1C1CC1. The van der Waals surface area contributed by atoms with E-state index in [1.807, 2.05) is 12.5 Å². The van der Waals surface area contributed by atoms with Gasteiger partial charge in [-0.25, -0.2) is 15.4 Å². The number of nitrogens with one attached hydrogen (secondary N) is 1. The monoisotopic (exact) mass is 277 g/mol. The molecule has 2 heterocycles. The van der Waals surface area contributed by atoms with E-state index in [2.05, 4.69) is 33.8 Å². The molecule has 1 saturated heterocycles. The molecule has 1 aromatic heterocycles. The van der Waals surface area contributed by atoms with Gasteiger partial charge in [-0.2, -0.15) is 0 Å². The number of hydrogen-bond acceptors (Lipinski definition) is 4. The summed E-state index contributed by atoms with van der Waals surface area (Å²) in [5.74, 6) is 0. The molecule has 0 amide bonds. The van der Waals surface area contributed by atoms with Crippen molar-refractivity contribution in [1.82, 2.24) is 20.0 Å². The number of hydrogen-bond donors (Lipinski definition) is 2. The lowest BCUT2D eigenvalue weighted by Crippen LogP contribution is -2.54. The van der Waals surface area contributed by atoms with Crippen LogP contribution in [0.15, 0.2) is 12.5 Å². The number of rotatable bonds is 5. The number of nitrogens with zero attached hydrogens (tertiary/aromatic N) is 3. The van der Waals surface area contributed by atoms with Crippen LogP contribution in [0, 0.1) is 0 Å². The van der Waals surface area contributed by atoms with Crippen molar-refractivity contribution in [1.29, 1.82) is 0 Å². The van der Waals surface area contributed by atoms with E-state index in [0.717, 1.165) is 0 Å². The summed E-state index contributed by atoms with van der Waals surface area (Å²) in [7, 11) is 0. The van der Waals surface area contributed by atoms with Crippen LogP contribution >= 0.6 is 0 Å². The van der Waals surface area contributed by atoms with Gasteiger partial charge in [0.15, 0.2) is 0 Å². The third-order valence-electron chi connectivity index (χ3n) is 4.73. The minimum atomic E-state index is 0.168. The quantitative estimate of drug-likeness (QED) is 0.864. The molecular formula is C15H27N5. The molecule has 3 rings (SSSR count). The molecule has 3 N–H and O–H groups in total. The van der Waals surface area contributed by atoms with Crippen molar-refractivity contribution in [2.45, 2.75) is 70.1 Å². The van der Waals surface area contributed by atoms with Crippen LogP contribution in [-0.2, 0) is 0 Å². The molecule has 5 nitrogen and oxygen atoms in total. The first kappa shape index (κ1) is 14.0. The fourth-order valence-electron chi connectivity index (χ4n) is 3.34. The first-order valence-corrected chi connectivity index (χ1v) is 7.97. The van der Waals surface area contributed by atoms with Crippen molar-refractivity contribution in [3.8, 4) is 0 Å². The Labute approximate surface area is 121 Å². The number of piperidine rings is 1. The molecule has 0 aromatic carbocycles. The summed E-state index contributed by atoms with van der Waals surface area (Å²) >= 11 is 0. The minimum Gasteiger partial charge on any atom is -0.330 e. The van der Waals surface area contributed by atoms with Gasteiger partial charge in [0.05, 0.1) is 18.1 Å². The van der Waals surface area contributed by atoms with E-state index in [0.29, 0.717) is 24.7 Å². The molecule has 0 radical (unpaired) electrons. The zero-order valence-electron chi connectivity index (χ0n) is 12.6. The summed E-state index contributed by atoms with van der Waals surface area (Å²) in [6, 6.07) is 1.97. The highest BCUT2D eigenvalue weighted by atomic mass is 15.5. The Kier molecular flexibility index (Phi) is 4.10. The molecule has 2 aliphatic rings. The maximum absolute atomic E-state index is 6.03. The van der Waals surface area contributed by atoms with Crippen LogP contribution in [0.25, 0.3) is 0 Å². The third kappa shape index (κ3) is 2.75. The minimum absolute atomic E-state index is 0.168. The highest BCUT2D eigenvalue weighted by Gasteiger charge is 2.31. The average molecular weight is 277 g/mol. The normalized spacial score (nSPS) is 29.6. The fraction of sp³-hybridized carbons (Fsp3) is 0.800. The van der Waals surface area contributed by atoms with Crippen molar-refractivity contribution in [3.63, 3.8) is 0 Å². The predicted molar refractivity (Wildman–Crippen MR) is 80.0 cm³/mol. The molecule has 3 atom stereocenters. The summed E-state index contributed by atoms with van der Waals surface area (Å²) < 4.78 is 2.31. The maximum atomic E-state index is 6.03. The van der Waals surface area contributed by atoms with Crippen LogP contribution in [0.1, 0.15) is 63.7 Å². The zero-order chi connectivity index (χ0) is 14.1. The molecule has 0 bridgehead atoms. The van der Waals surface area contributed by atoms with Crippen LogP contribution in [-0.4, -0.2) is 33.2 Å². The van der Waals surface area contributed by atoms with Crippen LogP contribution in [0.2, 0.25) is 0 Å². The van der Waals surface area contributed by atoms with Crippen molar-refractivity contribution in [2.24, 2.45) is 5.73 Å². The Morgan fingerprint density at radius 1 is 1.30 bits per heavy atom. The maximum Gasteiger partial charge on any atom is 0.0951 e. The molecular weight excluding hydrogens is 250 g/mol. The molecule has 1 aliphatic heterocycles. The van der Waals surface area contributed by atoms with Gasteiger partial charge in [0.2, 0.25) is 0 Å². The van der Waals surface area contributed by atoms with E-state index in [-0.39, 0.29) is 6.04 Å². The van der Waals surface area contributed by atoms with E-state index in [9.17, 15) is 0 Å². The molecule has 1 aromatic rings. The van der Waals surface area contributed by atoms with Crippen LogP contribution in [0.5, 0.6) is 0 Å². The second kappa shape index (κ2) is 5.84.